The third kappa shape index (κ3) is 3.52. The summed E-state index contributed by atoms with van der Waals surface area (Å²) in [5, 5.41) is 7.61. The van der Waals surface area contributed by atoms with Crippen molar-refractivity contribution in [1.82, 2.24) is 0 Å². The minimum Gasteiger partial charge on any atom is -0.308 e. The molecule has 0 radical (unpaired) electrons. The molecule has 3 heteroatoms. The topological polar surface area (TPSA) is 23.9 Å². The Morgan fingerprint density at radius 1 is 1.27 bits per heavy atom. The second-order valence-corrected chi connectivity index (χ2v) is 6.06. The minimum absolute atomic E-state index is 0.0174. The van der Waals surface area contributed by atoms with Gasteiger partial charge in [-0.25, -0.2) is 0 Å². The molecule has 0 aromatic carbocycles. The van der Waals surface area contributed by atoms with E-state index in [1.807, 2.05) is 30.4 Å². The molecule has 0 saturated carbocycles. The number of nitrogens with one attached hydrogen (secondary N) is 1. The van der Waals surface area contributed by atoms with Crippen LogP contribution in [0.3, 0.4) is 0 Å². The first-order valence-electron chi connectivity index (χ1n) is 3.90. The van der Waals surface area contributed by atoms with Gasteiger partial charge in [0, 0.05) is 5.71 Å². The highest BCUT2D eigenvalue weighted by atomic mass is 32.2. The molecule has 0 unspecified atom stereocenters. The summed E-state index contributed by atoms with van der Waals surface area (Å²) >= 11 is 3.70. The van der Waals surface area contributed by atoms with Crippen LogP contribution in [0.4, 0.5) is 0 Å². The summed E-state index contributed by atoms with van der Waals surface area (Å²) in [5.41, 5.74) is 0.774. The molecule has 11 heavy (non-hydrogen) atoms. The van der Waals surface area contributed by atoms with Crippen LogP contribution in [-0.2, 0) is 0 Å². The second-order valence-electron chi connectivity index (χ2n) is 2.44. The summed E-state index contributed by atoms with van der Waals surface area (Å²) in [6.07, 6.45) is 0. The third-order valence-corrected chi connectivity index (χ3v) is 4.52. The predicted octanol–water partition coefficient (Wildman–Crippen LogP) is 3.25. The van der Waals surface area contributed by atoms with Crippen LogP contribution in [0.1, 0.15) is 27.7 Å². The average Bonchev–Trinajstić information content (AvgIpc) is 1.88. The highest BCUT2D eigenvalue weighted by Gasteiger charge is 2.26. The largest absolute Gasteiger partial charge is 0.308 e. The monoisotopic (exact) mass is 191 g/mol. The molecule has 1 N–H and O–H groups in total. The van der Waals surface area contributed by atoms with E-state index in [4.69, 9.17) is 5.41 Å². The molecule has 66 valence electrons. The first kappa shape index (κ1) is 11.4. The standard InChI is InChI=1S/C8H17NS2/c1-5-10-8(4,7(3)9)11-6-2/h9H,5-6H2,1-4H3. The fourth-order valence-corrected chi connectivity index (χ4v) is 3.38. The zero-order chi connectivity index (χ0) is 8.91. The fourth-order valence-electron chi connectivity index (χ4n) is 0.809. The van der Waals surface area contributed by atoms with Gasteiger partial charge in [-0.05, 0) is 25.4 Å². The summed E-state index contributed by atoms with van der Waals surface area (Å²) in [7, 11) is 0. The maximum absolute atomic E-state index is 7.61. The van der Waals surface area contributed by atoms with Crippen molar-refractivity contribution in [1.29, 1.82) is 5.41 Å². The molecular weight excluding hydrogens is 174 g/mol. The van der Waals surface area contributed by atoms with Crippen LogP contribution < -0.4 is 0 Å². The van der Waals surface area contributed by atoms with Gasteiger partial charge in [0.05, 0.1) is 4.08 Å². The van der Waals surface area contributed by atoms with E-state index in [0.717, 1.165) is 17.2 Å². The van der Waals surface area contributed by atoms with E-state index in [-0.39, 0.29) is 4.08 Å². The van der Waals surface area contributed by atoms with Crippen molar-refractivity contribution in [2.45, 2.75) is 31.8 Å². The lowest BCUT2D eigenvalue weighted by Crippen LogP contribution is -2.25. The van der Waals surface area contributed by atoms with Crippen LogP contribution in [0.15, 0.2) is 0 Å². The van der Waals surface area contributed by atoms with E-state index in [9.17, 15) is 0 Å². The van der Waals surface area contributed by atoms with Gasteiger partial charge in [0.25, 0.3) is 0 Å². The van der Waals surface area contributed by atoms with Crippen LogP contribution in [0.2, 0.25) is 0 Å². The Balaban J connectivity index is 4.13. The zero-order valence-electron chi connectivity index (χ0n) is 7.73. The van der Waals surface area contributed by atoms with Gasteiger partial charge in [-0.2, -0.15) is 0 Å². The Labute approximate surface area is 78.2 Å². The Hall–Kier alpha value is 0.370. The molecule has 0 aromatic heterocycles. The summed E-state index contributed by atoms with van der Waals surface area (Å²) in [6, 6.07) is 0. The van der Waals surface area contributed by atoms with Crippen LogP contribution in [-0.4, -0.2) is 21.3 Å². The highest BCUT2D eigenvalue weighted by molar-refractivity contribution is 8.19. The van der Waals surface area contributed by atoms with Gasteiger partial charge in [0.15, 0.2) is 0 Å². The first-order chi connectivity index (χ1) is 5.06. The molecular formula is C8H17NS2. The van der Waals surface area contributed by atoms with E-state index in [0.29, 0.717) is 0 Å². The van der Waals surface area contributed by atoms with Gasteiger partial charge in [-0.3, -0.25) is 0 Å². The van der Waals surface area contributed by atoms with Gasteiger partial charge < -0.3 is 5.41 Å². The smallest absolute Gasteiger partial charge is 0.0952 e. The van der Waals surface area contributed by atoms with Gasteiger partial charge in [0.1, 0.15) is 0 Å². The molecule has 0 spiro atoms. The van der Waals surface area contributed by atoms with E-state index in [2.05, 4.69) is 20.8 Å². The van der Waals surface area contributed by atoms with Gasteiger partial charge in [-0.15, -0.1) is 23.5 Å². The van der Waals surface area contributed by atoms with E-state index >= 15 is 0 Å². The van der Waals surface area contributed by atoms with Crippen LogP contribution in [0.5, 0.6) is 0 Å². The second kappa shape index (κ2) is 5.09. The number of thioether (sulfide) groups is 2. The lowest BCUT2D eigenvalue weighted by molar-refractivity contribution is 1.16. The van der Waals surface area contributed by atoms with E-state index in [1.165, 1.54) is 0 Å². The van der Waals surface area contributed by atoms with Gasteiger partial charge in [-0.1, -0.05) is 13.8 Å². The summed E-state index contributed by atoms with van der Waals surface area (Å²) in [4.78, 5) is 0. The molecule has 0 aliphatic carbocycles. The molecule has 0 aromatic rings. The normalized spacial score (nSPS) is 11.6. The molecule has 0 heterocycles. The maximum Gasteiger partial charge on any atom is 0.0952 e. The highest BCUT2D eigenvalue weighted by Crippen LogP contribution is 2.37. The molecule has 1 nitrogen and oxygen atoms in total. The van der Waals surface area contributed by atoms with Gasteiger partial charge in [0.2, 0.25) is 0 Å². The molecule has 0 amide bonds. The molecule has 0 fully saturated rings. The van der Waals surface area contributed by atoms with Crippen LogP contribution >= 0.6 is 23.5 Å². The Morgan fingerprint density at radius 2 is 1.64 bits per heavy atom. The molecule has 0 rings (SSSR count). The molecule has 0 aliphatic heterocycles. The SMILES string of the molecule is CCSC(C)(SCC)C(C)=N. The fraction of sp³-hybridized carbons (Fsp3) is 0.875. The van der Waals surface area contributed by atoms with Crippen molar-refractivity contribution in [2.24, 2.45) is 0 Å². The number of hydrogen-bond donors (Lipinski definition) is 1. The Bertz CT molecular complexity index is 128. The van der Waals surface area contributed by atoms with E-state index < -0.39 is 0 Å². The van der Waals surface area contributed by atoms with Crippen LogP contribution in [0.25, 0.3) is 0 Å². The molecule has 0 aliphatic rings. The Morgan fingerprint density at radius 3 is 1.82 bits per heavy atom. The summed E-state index contributed by atoms with van der Waals surface area (Å²) in [6.45, 7) is 8.31. The van der Waals surface area contributed by atoms with Crippen molar-refractivity contribution in [3.8, 4) is 0 Å². The molecule has 0 atom stereocenters. The molecule has 0 saturated heterocycles. The van der Waals surface area contributed by atoms with E-state index in [1.54, 1.807) is 0 Å². The maximum atomic E-state index is 7.61. The molecule has 0 bridgehead atoms. The zero-order valence-corrected chi connectivity index (χ0v) is 9.36. The quantitative estimate of drug-likeness (QED) is 0.533. The first-order valence-corrected chi connectivity index (χ1v) is 5.87. The number of rotatable bonds is 5. The lowest BCUT2D eigenvalue weighted by Gasteiger charge is -2.26. The predicted molar refractivity (Wildman–Crippen MR) is 58.1 cm³/mol. The minimum atomic E-state index is 0.0174. The lowest BCUT2D eigenvalue weighted by atomic mass is 10.3. The van der Waals surface area contributed by atoms with Gasteiger partial charge >= 0.3 is 0 Å². The summed E-state index contributed by atoms with van der Waals surface area (Å²) < 4.78 is 0.0174. The Kier molecular flexibility index (Phi) is 5.26. The summed E-state index contributed by atoms with van der Waals surface area (Å²) in [5.74, 6) is 2.17. The van der Waals surface area contributed by atoms with Crippen molar-refractivity contribution < 1.29 is 0 Å². The van der Waals surface area contributed by atoms with Crippen molar-refractivity contribution in [2.75, 3.05) is 11.5 Å². The average molecular weight is 191 g/mol. The van der Waals surface area contributed by atoms with Crippen molar-refractivity contribution in [3.63, 3.8) is 0 Å². The van der Waals surface area contributed by atoms with Crippen molar-refractivity contribution in [3.05, 3.63) is 0 Å². The van der Waals surface area contributed by atoms with Crippen molar-refractivity contribution >= 4 is 29.2 Å². The third-order valence-electron chi connectivity index (χ3n) is 1.52. The number of hydrogen-bond acceptors (Lipinski definition) is 3. The van der Waals surface area contributed by atoms with Crippen LogP contribution in [0, 0.1) is 5.41 Å².